The summed E-state index contributed by atoms with van der Waals surface area (Å²) in [5, 5.41) is 11.1. The fraction of sp³-hybridized carbons (Fsp3) is 0.632. The first-order valence-corrected chi connectivity index (χ1v) is 9.86. The lowest BCUT2D eigenvalue weighted by Crippen LogP contribution is -2.40. The lowest BCUT2D eigenvalue weighted by molar-refractivity contribution is 0.0252. The van der Waals surface area contributed by atoms with Gasteiger partial charge in [0.15, 0.2) is 5.75 Å². The lowest BCUT2D eigenvalue weighted by atomic mass is 10.2. The second-order valence-corrected chi connectivity index (χ2v) is 8.45. The minimum Gasteiger partial charge on any atom is -0.488 e. The molecule has 1 amide bonds. The molecule has 8 heteroatoms. The smallest absolute Gasteiger partial charge is 0.410 e. The van der Waals surface area contributed by atoms with Crippen LogP contribution >= 0.6 is 23.2 Å². The van der Waals surface area contributed by atoms with Gasteiger partial charge in [0, 0.05) is 32.7 Å². The van der Waals surface area contributed by atoms with Gasteiger partial charge in [-0.05, 0) is 39.3 Å². The molecule has 0 bridgehead atoms. The molecule has 0 aromatic heterocycles. The summed E-state index contributed by atoms with van der Waals surface area (Å²) in [6.07, 6.45) is -0.157. The Balaban J connectivity index is 1.80. The van der Waals surface area contributed by atoms with Crippen LogP contribution < -0.4 is 4.74 Å². The predicted molar refractivity (Wildman–Crippen MR) is 107 cm³/mol. The molecule has 0 radical (unpaired) electrons. The third-order valence-corrected chi connectivity index (χ3v) is 4.64. The molecule has 0 aliphatic carbocycles. The molecular formula is C19H28Cl2N2O4. The molecule has 1 unspecified atom stereocenters. The van der Waals surface area contributed by atoms with Gasteiger partial charge in [-0.3, -0.25) is 4.90 Å². The molecule has 1 aliphatic heterocycles. The monoisotopic (exact) mass is 418 g/mol. The van der Waals surface area contributed by atoms with Crippen LogP contribution in [-0.2, 0) is 4.74 Å². The summed E-state index contributed by atoms with van der Waals surface area (Å²) in [4.78, 5) is 16.0. The molecule has 2 rings (SSSR count). The predicted octanol–water partition coefficient (Wildman–Crippen LogP) is 3.68. The summed E-state index contributed by atoms with van der Waals surface area (Å²) in [7, 11) is 0. The van der Waals surface area contributed by atoms with Crippen molar-refractivity contribution in [3.05, 3.63) is 28.2 Å². The number of β-amino-alcohol motifs (C(OH)–C–C–N with tert-alkyl or cyclic N) is 1. The number of benzene rings is 1. The van der Waals surface area contributed by atoms with Crippen LogP contribution in [-0.4, -0.2) is 72.0 Å². The van der Waals surface area contributed by atoms with Gasteiger partial charge in [-0.2, -0.15) is 0 Å². The van der Waals surface area contributed by atoms with Crippen LogP contribution in [0.4, 0.5) is 4.79 Å². The third kappa shape index (κ3) is 7.37. The molecule has 1 heterocycles. The number of aliphatic hydroxyl groups excluding tert-OH is 1. The fourth-order valence-corrected chi connectivity index (χ4v) is 3.32. The number of aliphatic hydroxyl groups is 1. The Morgan fingerprint density at radius 2 is 1.85 bits per heavy atom. The van der Waals surface area contributed by atoms with E-state index in [9.17, 15) is 9.90 Å². The number of rotatable bonds is 5. The summed E-state index contributed by atoms with van der Waals surface area (Å²) < 4.78 is 11.0. The highest BCUT2D eigenvalue weighted by Gasteiger charge is 2.25. The fourth-order valence-electron chi connectivity index (χ4n) is 2.81. The van der Waals surface area contributed by atoms with Gasteiger partial charge in [0.1, 0.15) is 18.3 Å². The standard InChI is InChI=1S/C19H28Cl2N2O4/c1-19(2,3)27-18(25)23-9-5-8-22(10-11-23)12-14(24)13-26-17-15(20)6-4-7-16(17)21/h4,6-7,14,24H,5,8-13H2,1-3H3. The molecule has 6 nitrogen and oxygen atoms in total. The SMILES string of the molecule is CC(C)(C)OC(=O)N1CCCN(CC(O)COc2c(Cl)cccc2Cl)CC1. The molecule has 1 N–H and O–H groups in total. The Bertz CT molecular complexity index is 616. The van der Waals surface area contributed by atoms with Crippen LogP contribution in [0.5, 0.6) is 5.75 Å². The molecule has 1 saturated heterocycles. The van der Waals surface area contributed by atoms with Crippen molar-refractivity contribution in [3.63, 3.8) is 0 Å². The van der Waals surface area contributed by atoms with Gasteiger partial charge < -0.3 is 19.5 Å². The van der Waals surface area contributed by atoms with Gasteiger partial charge >= 0.3 is 6.09 Å². The zero-order chi connectivity index (χ0) is 20.0. The summed E-state index contributed by atoms with van der Waals surface area (Å²) >= 11 is 12.1. The van der Waals surface area contributed by atoms with E-state index in [2.05, 4.69) is 4.90 Å². The van der Waals surface area contributed by atoms with Gasteiger partial charge in [-0.1, -0.05) is 29.3 Å². The normalized spacial score (nSPS) is 17.3. The summed E-state index contributed by atoms with van der Waals surface area (Å²) in [5.74, 6) is 0.381. The third-order valence-electron chi connectivity index (χ3n) is 4.05. The minimum absolute atomic E-state index is 0.0930. The van der Waals surface area contributed by atoms with Crippen molar-refractivity contribution in [3.8, 4) is 5.75 Å². The van der Waals surface area contributed by atoms with E-state index in [4.69, 9.17) is 32.7 Å². The summed E-state index contributed by atoms with van der Waals surface area (Å²) in [5.41, 5.74) is -0.503. The molecule has 1 aliphatic rings. The van der Waals surface area contributed by atoms with Gasteiger partial charge in [0.05, 0.1) is 10.0 Å². The number of halogens is 2. The average molecular weight is 419 g/mol. The van der Waals surface area contributed by atoms with Crippen LogP contribution in [0.1, 0.15) is 27.2 Å². The number of amides is 1. The highest BCUT2D eigenvalue weighted by atomic mass is 35.5. The second kappa shape index (κ2) is 9.82. The van der Waals surface area contributed by atoms with E-state index in [1.54, 1.807) is 23.1 Å². The van der Waals surface area contributed by atoms with Crippen molar-refractivity contribution >= 4 is 29.3 Å². The lowest BCUT2D eigenvalue weighted by Gasteiger charge is -2.27. The highest BCUT2D eigenvalue weighted by Crippen LogP contribution is 2.32. The van der Waals surface area contributed by atoms with E-state index in [-0.39, 0.29) is 12.7 Å². The zero-order valence-electron chi connectivity index (χ0n) is 16.1. The number of hydrogen-bond acceptors (Lipinski definition) is 5. The number of hydrogen-bond donors (Lipinski definition) is 1. The number of carbonyl (C=O) groups excluding carboxylic acids is 1. The van der Waals surface area contributed by atoms with Crippen molar-refractivity contribution in [2.75, 3.05) is 39.3 Å². The molecular weight excluding hydrogens is 391 g/mol. The number of carbonyl (C=O) groups is 1. The molecule has 1 atom stereocenters. The van der Waals surface area contributed by atoms with Crippen molar-refractivity contribution in [2.45, 2.75) is 38.9 Å². The Hall–Kier alpha value is -1.21. The largest absolute Gasteiger partial charge is 0.488 e. The van der Waals surface area contributed by atoms with Crippen LogP contribution in [0.15, 0.2) is 18.2 Å². The van der Waals surface area contributed by atoms with E-state index >= 15 is 0 Å². The van der Waals surface area contributed by atoms with Crippen molar-refractivity contribution < 1.29 is 19.4 Å². The Kier molecular flexibility index (Phi) is 8.04. The van der Waals surface area contributed by atoms with Crippen LogP contribution in [0.3, 0.4) is 0 Å². The molecule has 27 heavy (non-hydrogen) atoms. The van der Waals surface area contributed by atoms with E-state index in [0.29, 0.717) is 42.0 Å². The zero-order valence-corrected chi connectivity index (χ0v) is 17.6. The first kappa shape index (κ1) is 22.1. The minimum atomic E-state index is -0.689. The van der Waals surface area contributed by atoms with E-state index in [1.165, 1.54) is 0 Å². The van der Waals surface area contributed by atoms with Gasteiger partial charge in [0.25, 0.3) is 0 Å². The first-order chi connectivity index (χ1) is 12.7. The molecule has 1 aromatic rings. The molecule has 1 fully saturated rings. The summed E-state index contributed by atoms with van der Waals surface area (Å²) in [6, 6.07) is 5.12. The maximum Gasteiger partial charge on any atom is 0.410 e. The first-order valence-electron chi connectivity index (χ1n) is 9.11. The average Bonchev–Trinajstić information content (AvgIpc) is 2.78. The van der Waals surface area contributed by atoms with Crippen molar-refractivity contribution in [1.29, 1.82) is 0 Å². The maximum absolute atomic E-state index is 12.2. The number of para-hydroxylation sites is 1. The molecule has 1 aromatic carbocycles. The Morgan fingerprint density at radius 3 is 2.48 bits per heavy atom. The van der Waals surface area contributed by atoms with Crippen LogP contribution in [0.25, 0.3) is 0 Å². The van der Waals surface area contributed by atoms with Gasteiger partial charge in [-0.25, -0.2) is 4.79 Å². The van der Waals surface area contributed by atoms with Gasteiger partial charge in [-0.15, -0.1) is 0 Å². The van der Waals surface area contributed by atoms with Crippen molar-refractivity contribution in [1.82, 2.24) is 9.80 Å². The highest BCUT2D eigenvalue weighted by molar-refractivity contribution is 6.37. The van der Waals surface area contributed by atoms with Crippen molar-refractivity contribution in [2.24, 2.45) is 0 Å². The number of nitrogens with zero attached hydrogens (tertiary/aromatic N) is 2. The van der Waals surface area contributed by atoms with Crippen LogP contribution in [0.2, 0.25) is 10.0 Å². The molecule has 0 spiro atoms. The topological polar surface area (TPSA) is 62.2 Å². The quantitative estimate of drug-likeness (QED) is 0.789. The maximum atomic E-state index is 12.2. The molecule has 0 saturated carbocycles. The van der Waals surface area contributed by atoms with E-state index in [1.807, 2.05) is 20.8 Å². The Labute approximate surface area is 170 Å². The van der Waals surface area contributed by atoms with Crippen LogP contribution in [0, 0.1) is 0 Å². The van der Waals surface area contributed by atoms with Gasteiger partial charge in [0.2, 0.25) is 0 Å². The van der Waals surface area contributed by atoms with E-state index < -0.39 is 11.7 Å². The Morgan fingerprint density at radius 1 is 1.19 bits per heavy atom. The summed E-state index contributed by atoms with van der Waals surface area (Å²) in [6.45, 7) is 8.79. The molecule has 152 valence electrons. The number of ether oxygens (including phenoxy) is 2. The van der Waals surface area contributed by atoms with E-state index in [0.717, 1.165) is 13.0 Å². The second-order valence-electron chi connectivity index (χ2n) is 7.64.